The highest BCUT2D eigenvalue weighted by Crippen LogP contribution is 2.42. The van der Waals surface area contributed by atoms with E-state index in [2.05, 4.69) is 31.9 Å². The first-order valence-corrected chi connectivity index (χ1v) is 6.20. The fourth-order valence-electron chi connectivity index (χ4n) is 1.57. The van der Waals surface area contributed by atoms with E-state index in [4.69, 9.17) is 0 Å². The van der Waals surface area contributed by atoms with Crippen LogP contribution in [-0.4, -0.2) is 10.1 Å². The van der Waals surface area contributed by atoms with Gasteiger partial charge in [0, 0.05) is 10.0 Å². The van der Waals surface area contributed by atoms with Crippen LogP contribution >= 0.6 is 31.9 Å². The molecule has 0 atom stereocenters. The molecule has 0 saturated heterocycles. The van der Waals surface area contributed by atoms with Gasteiger partial charge in [0.05, 0.1) is 4.32 Å². The van der Waals surface area contributed by atoms with Gasteiger partial charge < -0.3 is 0 Å². The van der Waals surface area contributed by atoms with E-state index < -0.39 is 0 Å². The van der Waals surface area contributed by atoms with Crippen molar-refractivity contribution in [1.82, 2.24) is 0 Å². The summed E-state index contributed by atoms with van der Waals surface area (Å²) in [7, 11) is 0. The van der Waals surface area contributed by atoms with Crippen LogP contribution in [0.2, 0.25) is 0 Å². The molecule has 0 amide bonds. The van der Waals surface area contributed by atoms with Gasteiger partial charge in [-0.2, -0.15) is 0 Å². The van der Waals surface area contributed by atoms with Crippen LogP contribution in [0.15, 0.2) is 28.7 Å². The summed E-state index contributed by atoms with van der Waals surface area (Å²) in [5.74, 6) is 0.219. The van der Waals surface area contributed by atoms with Crippen LogP contribution in [0, 0.1) is 0 Å². The molecule has 1 aliphatic rings. The highest BCUT2D eigenvalue weighted by atomic mass is 79.9. The van der Waals surface area contributed by atoms with Crippen LogP contribution in [0.4, 0.5) is 0 Å². The van der Waals surface area contributed by atoms with E-state index in [1.807, 2.05) is 24.3 Å². The Morgan fingerprint density at radius 1 is 1.21 bits per heavy atom. The van der Waals surface area contributed by atoms with Crippen molar-refractivity contribution in [3.05, 3.63) is 34.3 Å². The lowest BCUT2D eigenvalue weighted by molar-refractivity contribution is 0.0898. The number of carbonyl (C=O) groups excluding carboxylic acids is 1. The van der Waals surface area contributed by atoms with Gasteiger partial charge in [-0.15, -0.1) is 0 Å². The molecule has 2 rings (SSSR count). The Balaban J connectivity index is 2.23. The number of Topliss-reactive ketones (excluding diaryl/α,β-unsaturated/α-hetero) is 1. The number of halogens is 2. The molecule has 0 N–H and O–H groups in total. The predicted molar refractivity (Wildman–Crippen MR) is 64.0 cm³/mol. The zero-order valence-electron chi connectivity index (χ0n) is 7.59. The zero-order valence-corrected chi connectivity index (χ0v) is 10.8. The summed E-state index contributed by atoms with van der Waals surface area (Å²) < 4.78 is 0.743. The van der Waals surface area contributed by atoms with Crippen LogP contribution in [-0.2, 0) is 0 Å². The van der Waals surface area contributed by atoms with E-state index in [0.29, 0.717) is 0 Å². The van der Waals surface area contributed by atoms with E-state index in [9.17, 15) is 4.79 Å². The van der Waals surface area contributed by atoms with Crippen LogP contribution in [0.25, 0.3) is 0 Å². The number of carbonyl (C=O) groups is 1. The summed E-state index contributed by atoms with van der Waals surface area (Å²) in [6, 6.07) is 7.55. The van der Waals surface area contributed by atoms with Gasteiger partial charge in [0.25, 0.3) is 0 Å². The van der Waals surface area contributed by atoms with Gasteiger partial charge in [0.1, 0.15) is 0 Å². The van der Waals surface area contributed by atoms with Crippen molar-refractivity contribution in [2.75, 3.05) is 0 Å². The van der Waals surface area contributed by atoms with E-state index in [1.165, 1.54) is 0 Å². The molecule has 1 saturated carbocycles. The number of ketones is 1. The second-order valence-electron chi connectivity index (χ2n) is 3.65. The van der Waals surface area contributed by atoms with Crippen LogP contribution < -0.4 is 0 Å². The van der Waals surface area contributed by atoms with Crippen molar-refractivity contribution in [2.24, 2.45) is 0 Å². The minimum absolute atomic E-state index is 0.219. The van der Waals surface area contributed by atoms with Gasteiger partial charge in [-0.25, -0.2) is 0 Å². The van der Waals surface area contributed by atoms with E-state index in [1.54, 1.807) is 0 Å². The Morgan fingerprint density at radius 3 is 2.21 bits per heavy atom. The van der Waals surface area contributed by atoms with Crippen molar-refractivity contribution in [1.29, 1.82) is 0 Å². The molecule has 14 heavy (non-hydrogen) atoms. The average Bonchev–Trinajstić information content (AvgIpc) is 2.14. The molecule has 1 nitrogen and oxygen atoms in total. The molecule has 1 aromatic rings. The molecule has 1 aromatic carbocycles. The molecule has 0 bridgehead atoms. The number of alkyl halides is 1. The molecule has 3 heteroatoms. The maximum atomic E-state index is 12.0. The topological polar surface area (TPSA) is 17.1 Å². The Morgan fingerprint density at radius 2 is 1.79 bits per heavy atom. The molecule has 1 fully saturated rings. The Hall–Kier alpha value is -0.150. The highest BCUT2D eigenvalue weighted by Gasteiger charge is 2.41. The maximum absolute atomic E-state index is 12.0. The Bertz CT molecular complexity index is 352. The van der Waals surface area contributed by atoms with Crippen LogP contribution in [0.3, 0.4) is 0 Å². The second-order valence-corrected chi connectivity index (χ2v) is 6.09. The number of hydrogen-bond donors (Lipinski definition) is 0. The molecule has 0 aromatic heterocycles. The van der Waals surface area contributed by atoms with Gasteiger partial charge >= 0.3 is 0 Å². The molecular weight excluding hydrogens is 308 g/mol. The molecule has 0 unspecified atom stereocenters. The minimum Gasteiger partial charge on any atom is -0.293 e. The van der Waals surface area contributed by atoms with Gasteiger partial charge in [0.15, 0.2) is 5.78 Å². The van der Waals surface area contributed by atoms with Crippen molar-refractivity contribution < 1.29 is 4.79 Å². The Labute approximate surface area is 100 Å². The lowest BCUT2D eigenvalue weighted by atomic mass is 9.79. The lowest BCUT2D eigenvalue weighted by Gasteiger charge is -2.34. The molecule has 0 radical (unpaired) electrons. The molecule has 0 spiro atoms. The van der Waals surface area contributed by atoms with Crippen molar-refractivity contribution in [3.8, 4) is 0 Å². The summed E-state index contributed by atoms with van der Waals surface area (Å²) in [4.78, 5) is 12.0. The normalized spacial score (nSPS) is 18.7. The lowest BCUT2D eigenvalue weighted by Crippen LogP contribution is -2.38. The first-order valence-electron chi connectivity index (χ1n) is 4.61. The zero-order chi connectivity index (χ0) is 10.2. The van der Waals surface area contributed by atoms with Crippen LogP contribution in [0.1, 0.15) is 29.6 Å². The molecule has 74 valence electrons. The summed E-state index contributed by atoms with van der Waals surface area (Å²) in [6.07, 6.45) is 3.07. The quantitative estimate of drug-likeness (QED) is 0.596. The molecular formula is C11H10Br2O. The van der Waals surface area contributed by atoms with Gasteiger partial charge in [0.2, 0.25) is 0 Å². The molecule has 0 aliphatic heterocycles. The van der Waals surface area contributed by atoms with Crippen LogP contribution in [0.5, 0.6) is 0 Å². The second kappa shape index (κ2) is 3.78. The first-order chi connectivity index (χ1) is 6.62. The van der Waals surface area contributed by atoms with E-state index in [-0.39, 0.29) is 10.1 Å². The Kier molecular flexibility index (Phi) is 2.80. The monoisotopic (exact) mass is 316 g/mol. The van der Waals surface area contributed by atoms with E-state index in [0.717, 1.165) is 29.3 Å². The summed E-state index contributed by atoms with van der Waals surface area (Å²) in [6.45, 7) is 0. The fourth-order valence-corrected chi connectivity index (χ4v) is 2.63. The summed E-state index contributed by atoms with van der Waals surface area (Å²) in [5.41, 5.74) is 0.796. The van der Waals surface area contributed by atoms with Crippen molar-refractivity contribution in [2.45, 2.75) is 23.6 Å². The number of rotatable bonds is 2. The minimum atomic E-state index is -0.263. The van der Waals surface area contributed by atoms with Gasteiger partial charge in [-0.05, 0) is 31.4 Å². The number of benzene rings is 1. The van der Waals surface area contributed by atoms with Crippen molar-refractivity contribution >= 4 is 37.6 Å². The third kappa shape index (κ3) is 1.80. The SMILES string of the molecule is O=C(c1ccc(Br)cc1)C1(Br)CCC1. The predicted octanol–water partition coefficient (Wildman–Crippen LogP) is 3.95. The summed E-state index contributed by atoms with van der Waals surface area (Å²) in [5, 5.41) is 0. The maximum Gasteiger partial charge on any atom is 0.179 e. The van der Waals surface area contributed by atoms with Gasteiger partial charge in [-0.3, -0.25) is 4.79 Å². The van der Waals surface area contributed by atoms with Crippen molar-refractivity contribution in [3.63, 3.8) is 0 Å². The van der Waals surface area contributed by atoms with E-state index >= 15 is 0 Å². The standard InChI is InChI=1S/C11H10Br2O/c12-9-4-2-8(3-5-9)10(14)11(13)6-1-7-11/h2-5H,1,6-7H2. The number of hydrogen-bond acceptors (Lipinski definition) is 1. The van der Waals surface area contributed by atoms with Gasteiger partial charge in [-0.1, -0.05) is 44.0 Å². The average molecular weight is 318 g/mol. The molecule has 0 heterocycles. The third-order valence-electron chi connectivity index (χ3n) is 2.66. The fraction of sp³-hybridized carbons (Fsp3) is 0.364. The summed E-state index contributed by atoms with van der Waals surface area (Å²) >= 11 is 6.88. The third-order valence-corrected chi connectivity index (χ3v) is 4.34. The molecule has 1 aliphatic carbocycles. The largest absolute Gasteiger partial charge is 0.293 e. The highest BCUT2D eigenvalue weighted by molar-refractivity contribution is 9.10. The first kappa shape index (κ1) is 10.4. The smallest absolute Gasteiger partial charge is 0.179 e.